The Bertz CT molecular complexity index is 825. The van der Waals surface area contributed by atoms with Gasteiger partial charge < -0.3 is 10.6 Å². The Hall–Kier alpha value is -2.44. The van der Waals surface area contributed by atoms with Gasteiger partial charge in [0, 0.05) is 19.3 Å². The number of likely N-dealkylation sites (tertiary alicyclic amines) is 1. The van der Waals surface area contributed by atoms with Crippen LogP contribution >= 0.6 is 11.6 Å². The monoisotopic (exact) mass is 400 g/mol. The average molecular weight is 401 g/mol. The molecule has 1 aliphatic rings. The second-order valence-electron chi connectivity index (χ2n) is 7.13. The van der Waals surface area contributed by atoms with Crippen LogP contribution < -0.4 is 10.6 Å². The molecule has 0 aliphatic carbocycles. The number of nitrogens with zero attached hydrogens (tertiary/aromatic N) is 2. The SMILES string of the molecule is Cc1ccccc1CNC(=O)CN1CCCC(C(=O)Nc2ccc(Cl)cn2)C1. The average Bonchev–Trinajstić information content (AvgIpc) is 2.69. The minimum absolute atomic E-state index is 0.0244. The third kappa shape index (κ3) is 5.78. The van der Waals surface area contributed by atoms with Gasteiger partial charge in [-0.25, -0.2) is 4.98 Å². The quantitative estimate of drug-likeness (QED) is 0.781. The van der Waals surface area contributed by atoms with E-state index in [0.29, 0.717) is 30.5 Å². The molecule has 1 atom stereocenters. The topological polar surface area (TPSA) is 74.3 Å². The summed E-state index contributed by atoms with van der Waals surface area (Å²) in [5.74, 6) is 0.237. The third-order valence-electron chi connectivity index (χ3n) is 4.96. The molecule has 1 aliphatic heterocycles. The molecule has 2 amide bonds. The maximum atomic E-state index is 12.5. The van der Waals surface area contributed by atoms with Crippen molar-refractivity contribution in [1.82, 2.24) is 15.2 Å². The Balaban J connectivity index is 1.47. The molecule has 3 rings (SSSR count). The number of hydrogen-bond acceptors (Lipinski definition) is 4. The Kier molecular flexibility index (Phi) is 7.01. The van der Waals surface area contributed by atoms with Crippen LogP contribution in [0.5, 0.6) is 0 Å². The smallest absolute Gasteiger partial charge is 0.234 e. The fourth-order valence-electron chi connectivity index (χ4n) is 3.35. The van der Waals surface area contributed by atoms with E-state index in [1.165, 1.54) is 6.20 Å². The number of benzene rings is 1. The number of aryl methyl sites for hydroxylation is 1. The number of hydrogen-bond donors (Lipinski definition) is 2. The van der Waals surface area contributed by atoms with E-state index in [1.54, 1.807) is 12.1 Å². The summed E-state index contributed by atoms with van der Waals surface area (Å²) in [5, 5.41) is 6.33. The predicted molar refractivity (Wildman–Crippen MR) is 110 cm³/mol. The molecule has 1 unspecified atom stereocenters. The van der Waals surface area contributed by atoms with E-state index in [9.17, 15) is 9.59 Å². The molecule has 0 bridgehead atoms. The molecule has 0 spiro atoms. The summed E-state index contributed by atoms with van der Waals surface area (Å²) in [6, 6.07) is 11.4. The van der Waals surface area contributed by atoms with E-state index in [1.807, 2.05) is 36.1 Å². The minimum atomic E-state index is -0.157. The van der Waals surface area contributed by atoms with Gasteiger partial charge in [-0.1, -0.05) is 35.9 Å². The fraction of sp³-hybridized carbons (Fsp3) is 0.381. The van der Waals surface area contributed by atoms with Gasteiger partial charge in [-0.3, -0.25) is 14.5 Å². The van der Waals surface area contributed by atoms with E-state index >= 15 is 0 Å². The molecule has 2 N–H and O–H groups in total. The number of aromatic nitrogens is 1. The van der Waals surface area contributed by atoms with Gasteiger partial charge in [-0.05, 0) is 49.6 Å². The summed E-state index contributed by atoms with van der Waals surface area (Å²) in [6.45, 7) is 4.24. The number of nitrogens with one attached hydrogen (secondary N) is 2. The second kappa shape index (κ2) is 9.66. The lowest BCUT2D eigenvalue weighted by Gasteiger charge is -2.31. The first kappa shape index (κ1) is 20.3. The number of anilines is 1. The van der Waals surface area contributed by atoms with Crippen molar-refractivity contribution < 1.29 is 9.59 Å². The Morgan fingerprint density at radius 3 is 2.82 bits per heavy atom. The minimum Gasteiger partial charge on any atom is -0.351 e. The number of carbonyl (C=O) groups is 2. The van der Waals surface area contributed by atoms with Crippen LogP contribution in [0.3, 0.4) is 0 Å². The number of rotatable bonds is 6. The molecule has 1 fully saturated rings. The lowest BCUT2D eigenvalue weighted by atomic mass is 9.97. The fourth-order valence-corrected chi connectivity index (χ4v) is 3.46. The summed E-state index contributed by atoms with van der Waals surface area (Å²) in [7, 11) is 0. The third-order valence-corrected chi connectivity index (χ3v) is 5.18. The van der Waals surface area contributed by atoms with Gasteiger partial charge in [-0.15, -0.1) is 0 Å². The zero-order valence-electron chi connectivity index (χ0n) is 16.0. The zero-order chi connectivity index (χ0) is 19.9. The molecule has 28 heavy (non-hydrogen) atoms. The lowest BCUT2D eigenvalue weighted by Crippen LogP contribution is -2.45. The van der Waals surface area contributed by atoms with Crippen molar-refractivity contribution in [2.45, 2.75) is 26.3 Å². The van der Waals surface area contributed by atoms with E-state index in [0.717, 1.165) is 30.5 Å². The van der Waals surface area contributed by atoms with E-state index in [2.05, 4.69) is 15.6 Å². The van der Waals surface area contributed by atoms with Gasteiger partial charge >= 0.3 is 0 Å². The summed E-state index contributed by atoms with van der Waals surface area (Å²) in [4.78, 5) is 31.0. The van der Waals surface area contributed by atoms with Gasteiger partial charge in [0.2, 0.25) is 11.8 Å². The lowest BCUT2D eigenvalue weighted by molar-refractivity contribution is -0.125. The van der Waals surface area contributed by atoms with Crippen molar-refractivity contribution in [3.63, 3.8) is 0 Å². The molecule has 1 aromatic carbocycles. The molecule has 7 heteroatoms. The van der Waals surface area contributed by atoms with Crippen LogP contribution in [0.2, 0.25) is 5.02 Å². The number of pyridine rings is 1. The van der Waals surface area contributed by atoms with Crippen LogP contribution in [0.1, 0.15) is 24.0 Å². The van der Waals surface area contributed by atoms with Crippen LogP contribution in [-0.2, 0) is 16.1 Å². The number of piperidine rings is 1. The number of carbonyl (C=O) groups excluding carboxylic acids is 2. The van der Waals surface area contributed by atoms with E-state index in [4.69, 9.17) is 11.6 Å². The Morgan fingerprint density at radius 1 is 1.25 bits per heavy atom. The molecule has 148 valence electrons. The molecule has 2 heterocycles. The molecule has 6 nitrogen and oxygen atoms in total. The van der Waals surface area contributed by atoms with Crippen molar-refractivity contribution in [3.05, 3.63) is 58.7 Å². The van der Waals surface area contributed by atoms with Gasteiger partial charge in [0.15, 0.2) is 0 Å². The number of amides is 2. The first-order chi connectivity index (χ1) is 13.5. The Labute approximate surface area is 170 Å². The van der Waals surface area contributed by atoms with Gasteiger partial charge in [0.1, 0.15) is 5.82 Å². The van der Waals surface area contributed by atoms with Crippen molar-refractivity contribution in [2.75, 3.05) is 25.0 Å². The van der Waals surface area contributed by atoms with Crippen molar-refractivity contribution in [1.29, 1.82) is 0 Å². The van der Waals surface area contributed by atoms with Gasteiger partial charge in [0.05, 0.1) is 17.5 Å². The summed E-state index contributed by atoms with van der Waals surface area (Å²) >= 11 is 5.82. The summed E-state index contributed by atoms with van der Waals surface area (Å²) < 4.78 is 0. The predicted octanol–water partition coefficient (Wildman–Crippen LogP) is 3.01. The van der Waals surface area contributed by atoms with Crippen molar-refractivity contribution in [2.24, 2.45) is 5.92 Å². The maximum Gasteiger partial charge on any atom is 0.234 e. The first-order valence-corrected chi connectivity index (χ1v) is 9.85. The van der Waals surface area contributed by atoms with E-state index in [-0.39, 0.29) is 17.7 Å². The van der Waals surface area contributed by atoms with Crippen LogP contribution in [0.4, 0.5) is 5.82 Å². The Morgan fingerprint density at radius 2 is 2.07 bits per heavy atom. The standard InChI is InChI=1S/C21H25ClN4O2/c1-15-5-2-3-6-16(15)11-24-20(27)14-26-10-4-7-17(13-26)21(28)25-19-9-8-18(22)12-23-19/h2-3,5-6,8-9,12,17H,4,7,10-11,13-14H2,1H3,(H,24,27)(H,23,25,28). The normalized spacial score (nSPS) is 17.1. The molecule has 2 aromatic rings. The van der Waals surface area contributed by atoms with E-state index < -0.39 is 0 Å². The highest BCUT2D eigenvalue weighted by Gasteiger charge is 2.27. The molecule has 0 saturated carbocycles. The molecular formula is C21H25ClN4O2. The maximum absolute atomic E-state index is 12.5. The highest BCUT2D eigenvalue weighted by molar-refractivity contribution is 6.30. The summed E-state index contributed by atoms with van der Waals surface area (Å²) in [5.41, 5.74) is 2.27. The number of halogens is 1. The van der Waals surface area contributed by atoms with Crippen LogP contribution in [0.25, 0.3) is 0 Å². The van der Waals surface area contributed by atoms with Crippen LogP contribution in [0, 0.1) is 12.8 Å². The second-order valence-corrected chi connectivity index (χ2v) is 7.56. The molecule has 1 aromatic heterocycles. The van der Waals surface area contributed by atoms with Crippen molar-refractivity contribution in [3.8, 4) is 0 Å². The van der Waals surface area contributed by atoms with Gasteiger partial charge in [0.25, 0.3) is 0 Å². The largest absolute Gasteiger partial charge is 0.351 e. The highest BCUT2D eigenvalue weighted by atomic mass is 35.5. The zero-order valence-corrected chi connectivity index (χ0v) is 16.7. The summed E-state index contributed by atoms with van der Waals surface area (Å²) in [6.07, 6.45) is 3.20. The van der Waals surface area contributed by atoms with Crippen LogP contribution in [0.15, 0.2) is 42.6 Å². The van der Waals surface area contributed by atoms with Crippen LogP contribution in [-0.4, -0.2) is 41.3 Å². The van der Waals surface area contributed by atoms with Gasteiger partial charge in [-0.2, -0.15) is 0 Å². The molecular weight excluding hydrogens is 376 g/mol. The highest BCUT2D eigenvalue weighted by Crippen LogP contribution is 2.18. The molecule has 0 radical (unpaired) electrons. The van der Waals surface area contributed by atoms with Crippen molar-refractivity contribution >= 4 is 29.2 Å². The first-order valence-electron chi connectivity index (χ1n) is 9.47. The molecule has 1 saturated heterocycles.